The summed E-state index contributed by atoms with van der Waals surface area (Å²) in [4.78, 5) is 23.7. The van der Waals surface area contributed by atoms with E-state index in [1.807, 2.05) is 23.1 Å². The average Bonchev–Trinajstić information content (AvgIpc) is 3.09. The number of hydrogen-bond donors (Lipinski definition) is 0. The number of carbonyl (C=O) groups excluding carboxylic acids is 1. The number of fused-ring (bicyclic) bond motifs is 1. The highest BCUT2D eigenvalue weighted by Crippen LogP contribution is 2.39. The normalized spacial score (nSPS) is 20.2. The lowest BCUT2D eigenvalue weighted by Crippen LogP contribution is -2.28. The summed E-state index contributed by atoms with van der Waals surface area (Å²) in [7, 11) is 0. The number of hydrogen-bond acceptors (Lipinski definition) is 6. The number of para-hydroxylation sites is 1. The van der Waals surface area contributed by atoms with Gasteiger partial charge < -0.3 is 9.42 Å². The van der Waals surface area contributed by atoms with Crippen molar-refractivity contribution in [3.8, 4) is 0 Å². The van der Waals surface area contributed by atoms with Gasteiger partial charge in [0.05, 0.1) is 15.2 Å². The van der Waals surface area contributed by atoms with Crippen molar-refractivity contribution in [2.45, 2.75) is 43.9 Å². The molecule has 0 bridgehead atoms. The first-order valence-corrected chi connectivity index (χ1v) is 10.0. The van der Waals surface area contributed by atoms with Gasteiger partial charge in [-0.2, -0.15) is 4.98 Å². The molecule has 26 heavy (non-hydrogen) atoms. The SMILES string of the molecule is O=C(CCc1nc2ccccc2s1)N1CCC(c2noc(C3CC3)n2)C1. The minimum atomic E-state index is 0.192. The van der Waals surface area contributed by atoms with Crippen LogP contribution in [0.3, 0.4) is 0 Å². The molecule has 7 heteroatoms. The number of nitrogens with zero attached hydrogens (tertiary/aromatic N) is 4. The summed E-state index contributed by atoms with van der Waals surface area (Å²) in [5.41, 5.74) is 1.02. The number of aryl methyl sites for hydroxylation is 1. The first-order valence-electron chi connectivity index (χ1n) is 9.22. The predicted molar refractivity (Wildman–Crippen MR) is 98.2 cm³/mol. The Hall–Kier alpha value is -2.28. The van der Waals surface area contributed by atoms with E-state index in [0.29, 0.717) is 25.3 Å². The van der Waals surface area contributed by atoms with Crippen LogP contribution in [0, 0.1) is 0 Å². The highest BCUT2D eigenvalue weighted by molar-refractivity contribution is 7.18. The fraction of sp³-hybridized carbons (Fsp3) is 0.474. The molecule has 1 saturated carbocycles. The van der Waals surface area contributed by atoms with Crippen LogP contribution in [0.4, 0.5) is 0 Å². The van der Waals surface area contributed by atoms with E-state index in [9.17, 15) is 4.79 Å². The van der Waals surface area contributed by atoms with Gasteiger partial charge in [0, 0.05) is 37.8 Å². The molecule has 0 N–H and O–H groups in total. The summed E-state index contributed by atoms with van der Waals surface area (Å²) in [6.07, 6.45) is 4.43. The second-order valence-corrected chi connectivity index (χ2v) is 8.28. The molecule has 0 spiro atoms. The zero-order chi connectivity index (χ0) is 17.5. The Morgan fingerprint density at radius 3 is 2.92 bits per heavy atom. The van der Waals surface area contributed by atoms with E-state index in [4.69, 9.17) is 4.52 Å². The Balaban J connectivity index is 1.18. The highest BCUT2D eigenvalue weighted by Gasteiger charge is 2.34. The lowest BCUT2D eigenvalue weighted by atomic mass is 10.1. The second kappa shape index (κ2) is 6.46. The van der Waals surface area contributed by atoms with Gasteiger partial charge in [-0.3, -0.25) is 4.79 Å². The smallest absolute Gasteiger partial charge is 0.229 e. The van der Waals surface area contributed by atoms with Gasteiger partial charge in [-0.1, -0.05) is 17.3 Å². The second-order valence-electron chi connectivity index (χ2n) is 7.17. The van der Waals surface area contributed by atoms with E-state index >= 15 is 0 Å². The summed E-state index contributed by atoms with van der Waals surface area (Å²) in [5.74, 6) is 2.42. The third-order valence-electron chi connectivity index (χ3n) is 5.18. The number of carbonyl (C=O) groups is 1. The topological polar surface area (TPSA) is 72.1 Å². The van der Waals surface area contributed by atoms with Gasteiger partial charge in [-0.05, 0) is 31.4 Å². The average molecular weight is 368 g/mol. The van der Waals surface area contributed by atoms with Gasteiger partial charge in [-0.25, -0.2) is 4.98 Å². The van der Waals surface area contributed by atoms with Gasteiger partial charge in [0.2, 0.25) is 11.8 Å². The standard InChI is InChI=1S/C19H20N4O2S/c24-17(8-7-16-20-14-3-1-2-4-15(14)26-16)23-10-9-13(11-23)18-21-19(25-22-18)12-5-6-12/h1-4,12-13H,5-11H2. The fourth-order valence-corrected chi connectivity index (χ4v) is 4.47. The quantitative estimate of drug-likeness (QED) is 0.689. The van der Waals surface area contributed by atoms with Crippen molar-refractivity contribution in [3.05, 3.63) is 41.0 Å². The zero-order valence-corrected chi connectivity index (χ0v) is 15.2. The number of benzene rings is 1. The van der Waals surface area contributed by atoms with E-state index in [-0.39, 0.29) is 11.8 Å². The Kier molecular flexibility index (Phi) is 3.96. The first-order chi connectivity index (χ1) is 12.8. The maximum Gasteiger partial charge on any atom is 0.229 e. The van der Waals surface area contributed by atoms with Crippen molar-refractivity contribution in [1.29, 1.82) is 0 Å². The number of aromatic nitrogens is 3. The first kappa shape index (κ1) is 15.9. The third-order valence-corrected chi connectivity index (χ3v) is 6.28. The summed E-state index contributed by atoms with van der Waals surface area (Å²) in [6.45, 7) is 1.47. The zero-order valence-electron chi connectivity index (χ0n) is 14.4. The van der Waals surface area contributed by atoms with E-state index in [2.05, 4.69) is 21.2 Å². The van der Waals surface area contributed by atoms with Gasteiger partial charge in [0.15, 0.2) is 5.82 Å². The Bertz CT molecular complexity index is 913. The van der Waals surface area contributed by atoms with E-state index in [1.165, 1.54) is 4.70 Å². The molecule has 2 fully saturated rings. The molecule has 1 saturated heterocycles. The van der Waals surface area contributed by atoms with Gasteiger partial charge in [0.1, 0.15) is 0 Å². The van der Waals surface area contributed by atoms with E-state index < -0.39 is 0 Å². The van der Waals surface area contributed by atoms with Crippen molar-refractivity contribution < 1.29 is 9.32 Å². The molecule has 0 radical (unpaired) electrons. The monoisotopic (exact) mass is 368 g/mol. The largest absolute Gasteiger partial charge is 0.342 e. The summed E-state index contributed by atoms with van der Waals surface area (Å²) in [5, 5.41) is 5.17. The summed E-state index contributed by atoms with van der Waals surface area (Å²) >= 11 is 1.68. The van der Waals surface area contributed by atoms with Gasteiger partial charge in [-0.15, -0.1) is 11.3 Å². The molecule has 134 valence electrons. The minimum absolute atomic E-state index is 0.192. The lowest BCUT2D eigenvalue weighted by molar-refractivity contribution is -0.130. The van der Waals surface area contributed by atoms with E-state index in [1.54, 1.807) is 11.3 Å². The van der Waals surface area contributed by atoms with Gasteiger partial charge >= 0.3 is 0 Å². The molecule has 1 amide bonds. The van der Waals surface area contributed by atoms with Crippen molar-refractivity contribution in [3.63, 3.8) is 0 Å². The van der Waals surface area contributed by atoms with Crippen LogP contribution in [0.2, 0.25) is 0 Å². The third kappa shape index (κ3) is 3.11. The van der Waals surface area contributed by atoms with Crippen molar-refractivity contribution in [2.24, 2.45) is 0 Å². The van der Waals surface area contributed by atoms with Crippen LogP contribution in [0.5, 0.6) is 0 Å². The molecule has 6 nitrogen and oxygen atoms in total. The molecule has 3 aromatic rings. The number of rotatable bonds is 5. The Labute approximate surface area is 155 Å². The molecule has 3 heterocycles. The molecule has 1 aromatic carbocycles. The van der Waals surface area contributed by atoms with E-state index in [0.717, 1.165) is 48.0 Å². The minimum Gasteiger partial charge on any atom is -0.342 e. The maximum atomic E-state index is 12.6. The molecular weight excluding hydrogens is 348 g/mol. The molecular formula is C19H20N4O2S. The van der Waals surface area contributed by atoms with Crippen LogP contribution in [-0.4, -0.2) is 39.0 Å². The maximum absolute atomic E-state index is 12.6. The van der Waals surface area contributed by atoms with Crippen LogP contribution < -0.4 is 0 Å². The number of thiazole rings is 1. The molecule has 2 aliphatic rings. The summed E-state index contributed by atoms with van der Waals surface area (Å²) < 4.78 is 6.54. The van der Waals surface area contributed by atoms with Crippen molar-refractivity contribution in [1.82, 2.24) is 20.0 Å². The van der Waals surface area contributed by atoms with Crippen LogP contribution in [0.25, 0.3) is 10.2 Å². The number of amides is 1. The molecule has 1 unspecified atom stereocenters. The lowest BCUT2D eigenvalue weighted by Gasteiger charge is -2.15. The van der Waals surface area contributed by atoms with Crippen molar-refractivity contribution in [2.75, 3.05) is 13.1 Å². The molecule has 1 aliphatic carbocycles. The Morgan fingerprint density at radius 1 is 1.19 bits per heavy atom. The number of likely N-dealkylation sites (tertiary alicyclic amines) is 1. The van der Waals surface area contributed by atoms with Crippen LogP contribution in [0.15, 0.2) is 28.8 Å². The molecule has 2 aromatic heterocycles. The molecule has 1 atom stereocenters. The fourth-order valence-electron chi connectivity index (χ4n) is 3.51. The van der Waals surface area contributed by atoms with Crippen LogP contribution >= 0.6 is 11.3 Å². The van der Waals surface area contributed by atoms with Crippen LogP contribution in [-0.2, 0) is 11.2 Å². The van der Waals surface area contributed by atoms with Crippen LogP contribution in [0.1, 0.15) is 54.2 Å². The predicted octanol–water partition coefficient (Wildman–Crippen LogP) is 3.51. The van der Waals surface area contributed by atoms with Crippen molar-refractivity contribution >= 4 is 27.5 Å². The van der Waals surface area contributed by atoms with Gasteiger partial charge in [0.25, 0.3) is 0 Å². The highest BCUT2D eigenvalue weighted by atomic mass is 32.1. The Morgan fingerprint density at radius 2 is 2.08 bits per heavy atom. The summed E-state index contributed by atoms with van der Waals surface area (Å²) in [6, 6.07) is 8.10. The molecule has 1 aliphatic heterocycles. The molecule has 5 rings (SSSR count).